The number of ether oxygens (including phenoxy) is 2. The highest BCUT2D eigenvalue weighted by Gasteiger charge is 2.35. The summed E-state index contributed by atoms with van der Waals surface area (Å²) in [7, 11) is 2.92. The summed E-state index contributed by atoms with van der Waals surface area (Å²) in [5.41, 5.74) is 1.55. The van der Waals surface area contributed by atoms with Crippen LogP contribution in [0.1, 0.15) is 44.7 Å². The van der Waals surface area contributed by atoms with E-state index in [1.807, 2.05) is 18.2 Å². The number of aliphatic hydroxyl groups is 1. The Labute approximate surface area is 158 Å². The van der Waals surface area contributed by atoms with Crippen molar-refractivity contribution in [1.82, 2.24) is 5.32 Å². The molecule has 0 aliphatic heterocycles. The number of nitrogens with one attached hydrogen (secondary N) is 1. The first-order chi connectivity index (χ1) is 13.0. The monoisotopic (exact) mass is 369 g/mol. The lowest BCUT2D eigenvalue weighted by atomic mass is 9.79. The van der Waals surface area contributed by atoms with E-state index in [-0.39, 0.29) is 12.5 Å². The molecule has 0 bridgehead atoms. The van der Waals surface area contributed by atoms with Crippen molar-refractivity contribution in [2.24, 2.45) is 0 Å². The number of benzene rings is 2. The van der Waals surface area contributed by atoms with E-state index in [1.54, 1.807) is 19.2 Å². The molecule has 0 radical (unpaired) electrons. The fourth-order valence-electron chi connectivity index (χ4n) is 3.45. The second kappa shape index (κ2) is 7.80. The average Bonchev–Trinajstić information content (AvgIpc) is 2.71. The normalized spacial score (nSPS) is 18.3. The molecule has 1 aliphatic carbocycles. The molecule has 3 rings (SSSR count). The van der Waals surface area contributed by atoms with Crippen LogP contribution in [0.4, 0.5) is 0 Å². The van der Waals surface area contributed by atoms with Crippen molar-refractivity contribution in [1.29, 1.82) is 0 Å². The van der Waals surface area contributed by atoms with E-state index in [2.05, 4.69) is 10.1 Å². The van der Waals surface area contributed by atoms with E-state index in [0.29, 0.717) is 17.5 Å². The van der Waals surface area contributed by atoms with Crippen LogP contribution in [0.3, 0.4) is 0 Å². The Balaban J connectivity index is 1.71. The van der Waals surface area contributed by atoms with Gasteiger partial charge in [0, 0.05) is 5.56 Å². The third-order valence-electron chi connectivity index (χ3n) is 4.96. The maximum Gasteiger partial charge on any atom is 0.337 e. The molecular formula is C21H23NO5. The first-order valence-corrected chi connectivity index (χ1v) is 8.83. The number of hydrogen-bond donors (Lipinski definition) is 2. The summed E-state index contributed by atoms with van der Waals surface area (Å²) in [4.78, 5) is 23.9. The van der Waals surface area contributed by atoms with Crippen LogP contribution in [-0.2, 0) is 16.8 Å². The molecule has 2 N–H and O–H groups in total. The zero-order valence-corrected chi connectivity index (χ0v) is 15.5. The molecule has 0 saturated heterocycles. The van der Waals surface area contributed by atoms with Crippen LogP contribution < -0.4 is 10.1 Å². The van der Waals surface area contributed by atoms with Gasteiger partial charge in [-0.25, -0.2) is 4.79 Å². The number of carbonyl (C=O) groups excluding carboxylic acids is 2. The van der Waals surface area contributed by atoms with Gasteiger partial charge < -0.3 is 19.9 Å². The van der Waals surface area contributed by atoms with Gasteiger partial charge in [0.25, 0.3) is 5.91 Å². The summed E-state index contributed by atoms with van der Waals surface area (Å²) in [5.74, 6) is -0.00119. The second-order valence-electron chi connectivity index (χ2n) is 6.66. The third kappa shape index (κ3) is 3.95. The van der Waals surface area contributed by atoms with E-state index in [9.17, 15) is 14.7 Å². The van der Waals surface area contributed by atoms with Crippen LogP contribution in [0.25, 0.3) is 0 Å². The molecule has 1 amide bonds. The first-order valence-electron chi connectivity index (χ1n) is 8.83. The molecule has 2 aromatic rings. The van der Waals surface area contributed by atoms with Gasteiger partial charge in [-0.1, -0.05) is 6.07 Å². The summed E-state index contributed by atoms with van der Waals surface area (Å²) < 4.78 is 9.90. The summed E-state index contributed by atoms with van der Waals surface area (Å²) >= 11 is 0. The number of fused-ring (bicyclic) bond motifs is 1. The molecule has 0 saturated carbocycles. The van der Waals surface area contributed by atoms with Gasteiger partial charge in [-0.15, -0.1) is 0 Å². The maximum absolute atomic E-state index is 12.4. The van der Waals surface area contributed by atoms with E-state index in [0.717, 1.165) is 29.7 Å². The second-order valence-corrected chi connectivity index (χ2v) is 6.66. The molecule has 27 heavy (non-hydrogen) atoms. The highest BCUT2D eigenvalue weighted by Crippen LogP contribution is 2.36. The number of methoxy groups -OCH3 is 2. The van der Waals surface area contributed by atoms with E-state index in [4.69, 9.17) is 4.74 Å². The zero-order chi connectivity index (χ0) is 19.4. The van der Waals surface area contributed by atoms with Crippen LogP contribution >= 0.6 is 0 Å². The number of carbonyl (C=O) groups is 2. The topological polar surface area (TPSA) is 84.9 Å². The van der Waals surface area contributed by atoms with Gasteiger partial charge in [0.15, 0.2) is 0 Å². The van der Waals surface area contributed by atoms with Gasteiger partial charge in [-0.05, 0) is 66.8 Å². The molecule has 6 nitrogen and oxygen atoms in total. The molecule has 0 spiro atoms. The number of hydrogen-bond acceptors (Lipinski definition) is 5. The largest absolute Gasteiger partial charge is 0.497 e. The fourth-order valence-corrected chi connectivity index (χ4v) is 3.45. The Kier molecular flexibility index (Phi) is 5.46. The minimum absolute atomic E-state index is 0.115. The van der Waals surface area contributed by atoms with Crippen LogP contribution in [0.15, 0.2) is 42.5 Å². The predicted octanol–water partition coefficient (Wildman–Crippen LogP) is 2.44. The Hall–Kier alpha value is -2.86. The summed E-state index contributed by atoms with van der Waals surface area (Å²) in [6.07, 6.45) is 2.28. The van der Waals surface area contributed by atoms with Gasteiger partial charge >= 0.3 is 5.97 Å². The van der Waals surface area contributed by atoms with Crippen molar-refractivity contribution in [2.75, 3.05) is 20.8 Å². The molecule has 0 heterocycles. The standard InChI is InChI=1S/C21H23NO5/c1-26-17-9-10-18-16(12-17)4-3-11-21(18,25)13-22-19(23)14-5-7-15(8-6-14)20(24)27-2/h5-10,12,25H,3-4,11,13H2,1-2H3,(H,22,23)/t21-/m0/s1. The van der Waals surface area contributed by atoms with Crippen molar-refractivity contribution < 1.29 is 24.2 Å². The quantitative estimate of drug-likeness (QED) is 0.791. The molecule has 0 fully saturated rings. The summed E-state index contributed by atoms with van der Waals surface area (Å²) in [6.45, 7) is 0.115. The van der Waals surface area contributed by atoms with Gasteiger partial charge in [-0.3, -0.25) is 4.79 Å². The Morgan fingerprint density at radius 2 is 1.81 bits per heavy atom. The molecule has 2 aromatic carbocycles. The highest BCUT2D eigenvalue weighted by atomic mass is 16.5. The fraction of sp³-hybridized carbons (Fsp3) is 0.333. The van der Waals surface area contributed by atoms with E-state index < -0.39 is 11.6 Å². The zero-order valence-electron chi connectivity index (χ0n) is 15.5. The predicted molar refractivity (Wildman–Crippen MR) is 99.9 cm³/mol. The molecule has 0 unspecified atom stereocenters. The minimum atomic E-state index is -1.11. The molecule has 1 atom stereocenters. The van der Waals surface area contributed by atoms with Crippen molar-refractivity contribution in [3.63, 3.8) is 0 Å². The molecule has 1 aliphatic rings. The number of aryl methyl sites for hydroxylation is 1. The Bertz CT molecular complexity index is 846. The van der Waals surface area contributed by atoms with Crippen LogP contribution in [0.2, 0.25) is 0 Å². The first kappa shape index (κ1) is 18.9. The Morgan fingerprint density at radius 3 is 2.48 bits per heavy atom. The molecule has 6 heteroatoms. The lowest BCUT2D eigenvalue weighted by Crippen LogP contribution is -2.43. The number of amides is 1. The van der Waals surface area contributed by atoms with E-state index in [1.165, 1.54) is 19.2 Å². The van der Waals surface area contributed by atoms with Crippen molar-refractivity contribution >= 4 is 11.9 Å². The van der Waals surface area contributed by atoms with Crippen LogP contribution in [0, 0.1) is 0 Å². The molecular weight excluding hydrogens is 346 g/mol. The summed E-state index contributed by atoms with van der Waals surface area (Å²) in [6, 6.07) is 11.8. The lowest BCUT2D eigenvalue weighted by Gasteiger charge is -2.35. The van der Waals surface area contributed by atoms with E-state index >= 15 is 0 Å². The van der Waals surface area contributed by atoms with Crippen molar-refractivity contribution in [3.05, 3.63) is 64.7 Å². The van der Waals surface area contributed by atoms with Crippen molar-refractivity contribution in [2.45, 2.75) is 24.9 Å². The Morgan fingerprint density at radius 1 is 1.11 bits per heavy atom. The maximum atomic E-state index is 12.4. The molecule has 142 valence electrons. The lowest BCUT2D eigenvalue weighted by molar-refractivity contribution is 0.0189. The van der Waals surface area contributed by atoms with Gasteiger partial charge in [-0.2, -0.15) is 0 Å². The minimum Gasteiger partial charge on any atom is -0.497 e. The summed E-state index contributed by atoms with van der Waals surface area (Å²) in [5, 5.41) is 13.9. The van der Waals surface area contributed by atoms with Gasteiger partial charge in [0.1, 0.15) is 11.4 Å². The van der Waals surface area contributed by atoms with Crippen LogP contribution in [-0.4, -0.2) is 37.7 Å². The van der Waals surface area contributed by atoms with Crippen molar-refractivity contribution in [3.8, 4) is 5.75 Å². The van der Waals surface area contributed by atoms with Gasteiger partial charge in [0.2, 0.25) is 0 Å². The number of rotatable bonds is 5. The SMILES string of the molecule is COC(=O)c1ccc(C(=O)NC[C@@]2(O)CCCc3cc(OC)ccc32)cc1. The molecule has 0 aromatic heterocycles. The number of esters is 1. The average molecular weight is 369 g/mol. The highest BCUT2D eigenvalue weighted by molar-refractivity contribution is 5.96. The van der Waals surface area contributed by atoms with Gasteiger partial charge in [0.05, 0.1) is 26.3 Å². The third-order valence-corrected chi connectivity index (χ3v) is 4.96. The van der Waals surface area contributed by atoms with Crippen LogP contribution in [0.5, 0.6) is 5.75 Å². The smallest absolute Gasteiger partial charge is 0.337 e.